The molecule has 1 aliphatic heterocycles. The van der Waals surface area contributed by atoms with Gasteiger partial charge in [0.1, 0.15) is 29.0 Å². The summed E-state index contributed by atoms with van der Waals surface area (Å²) in [4.78, 5) is 35.9. The van der Waals surface area contributed by atoms with E-state index in [1.165, 1.54) is 7.11 Å². The molecule has 0 atom stereocenters. The van der Waals surface area contributed by atoms with Crippen molar-refractivity contribution in [1.82, 2.24) is 14.9 Å². The monoisotopic (exact) mass is 657 g/mol. The Kier molecular flexibility index (Phi) is 11.0. The molecule has 2 aromatic carbocycles. The van der Waals surface area contributed by atoms with E-state index in [-0.39, 0.29) is 25.0 Å². The molecule has 1 amide bonds. The smallest absolute Gasteiger partial charge is 0.421 e. The lowest BCUT2D eigenvalue weighted by atomic mass is 10.0. The molecule has 2 heterocycles. The molecule has 1 aromatic heterocycles. The molecule has 1 fully saturated rings. The van der Waals surface area contributed by atoms with Crippen LogP contribution in [0, 0.1) is 0 Å². The van der Waals surface area contributed by atoms with Crippen LogP contribution in [0.2, 0.25) is 0 Å². The number of methoxy groups -OCH3 is 1. The van der Waals surface area contributed by atoms with Crippen molar-refractivity contribution in [3.8, 4) is 5.75 Å². The Morgan fingerprint density at radius 3 is 2.38 bits per heavy atom. The summed E-state index contributed by atoms with van der Waals surface area (Å²) in [6.07, 6.45) is -2.80. The van der Waals surface area contributed by atoms with Crippen molar-refractivity contribution >= 4 is 41.2 Å². The molecule has 4 rings (SSSR count). The molecule has 3 N–H and O–H groups in total. The number of nitrogens with one attached hydrogen (secondary N) is 3. The Morgan fingerprint density at radius 1 is 1.06 bits per heavy atom. The lowest BCUT2D eigenvalue weighted by molar-refractivity contribution is -0.137. The summed E-state index contributed by atoms with van der Waals surface area (Å²) in [7, 11) is 3.22. The second-order valence-corrected chi connectivity index (χ2v) is 12.0. The Hall–Kier alpha value is -4.75. The number of alkyl halides is 3. The molecule has 0 unspecified atom stereocenters. The molecule has 0 radical (unpaired) electrons. The number of rotatable bonds is 11. The number of nitrogens with zero attached hydrogens (tertiary/aromatic N) is 4. The number of amides is 1. The van der Waals surface area contributed by atoms with Crippen molar-refractivity contribution in [2.75, 3.05) is 61.2 Å². The van der Waals surface area contributed by atoms with Crippen molar-refractivity contribution in [3.63, 3.8) is 0 Å². The Labute approximate surface area is 272 Å². The second kappa shape index (κ2) is 14.8. The van der Waals surface area contributed by atoms with Gasteiger partial charge >= 0.3 is 12.3 Å². The van der Waals surface area contributed by atoms with Gasteiger partial charge in [0.05, 0.1) is 12.8 Å². The fourth-order valence-corrected chi connectivity index (χ4v) is 5.36. The quantitative estimate of drug-likeness (QED) is 0.204. The lowest BCUT2D eigenvalue weighted by Gasteiger charge is -2.37. The highest BCUT2D eigenvalue weighted by atomic mass is 19.4. The van der Waals surface area contributed by atoms with E-state index in [0.29, 0.717) is 60.9 Å². The number of aromatic nitrogens is 2. The summed E-state index contributed by atoms with van der Waals surface area (Å²) in [6, 6.07) is 9.05. The highest BCUT2D eigenvalue weighted by Crippen LogP contribution is 2.38. The number of hydrogen-bond acceptors (Lipinski definition) is 10. The van der Waals surface area contributed by atoms with Gasteiger partial charge in [0.25, 0.3) is 0 Å². The number of ether oxygens (including phenoxy) is 2. The van der Waals surface area contributed by atoms with Crippen molar-refractivity contribution in [3.05, 3.63) is 58.8 Å². The van der Waals surface area contributed by atoms with Crippen LogP contribution in [0.15, 0.2) is 36.5 Å². The molecular formula is C33H42F3N7O4. The summed E-state index contributed by atoms with van der Waals surface area (Å²) in [6.45, 7) is 9.66. The minimum atomic E-state index is -4.71. The normalized spacial score (nSPS) is 13.6. The van der Waals surface area contributed by atoms with Crippen LogP contribution in [0.4, 0.5) is 46.8 Å². The van der Waals surface area contributed by atoms with Crippen molar-refractivity contribution < 1.29 is 32.2 Å². The molecule has 1 saturated heterocycles. The number of hydrogen-bond donors (Lipinski definition) is 3. The van der Waals surface area contributed by atoms with Gasteiger partial charge in [0.15, 0.2) is 0 Å². The van der Waals surface area contributed by atoms with E-state index >= 15 is 0 Å². The zero-order chi connectivity index (χ0) is 34.4. The SMILES string of the molecule is CCc1cc(Nc2ncc(C(F)(F)F)c(NCc3cccc(NC)c3CC=O)n2)c(OC)cc1N1CCN(C(=O)OC(C)(C)C)CC1. The van der Waals surface area contributed by atoms with E-state index in [0.717, 1.165) is 23.7 Å². The van der Waals surface area contributed by atoms with Gasteiger partial charge in [-0.3, -0.25) is 0 Å². The van der Waals surface area contributed by atoms with Gasteiger partial charge in [0.2, 0.25) is 5.95 Å². The Bertz CT molecular complexity index is 1570. The van der Waals surface area contributed by atoms with Gasteiger partial charge in [0, 0.05) is 69.8 Å². The summed E-state index contributed by atoms with van der Waals surface area (Å²) >= 11 is 0. The van der Waals surface area contributed by atoms with E-state index in [9.17, 15) is 22.8 Å². The largest absolute Gasteiger partial charge is 0.494 e. The summed E-state index contributed by atoms with van der Waals surface area (Å²) in [5.41, 5.74) is 2.84. The zero-order valence-electron chi connectivity index (χ0n) is 27.5. The first-order chi connectivity index (χ1) is 22.3. The van der Waals surface area contributed by atoms with E-state index < -0.39 is 23.2 Å². The number of anilines is 5. The average Bonchev–Trinajstić information content (AvgIpc) is 3.03. The number of halogens is 3. The van der Waals surface area contributed by atoms with Crippen molar-refractivity contribution in [1.29, 1.82) is 0 Å². The number of benzene rings is 2. The minimum Gasteiger partial charge on any atom is -0.494 e. The van der Waals surface area contributed by atoms with E-state index in [1.54, 1.807) is 30.1 Å². The maximum absolute atomic E-state index is 14.0. The van der Waals surface area contributed by atoms with Crippen LogP contribution in [0.3, 0.4) is 0 Å². The number of aldehydes is 1. The fraction of sp³-hybridized carbons (Fsp3) is 0.455. The standard InChI is InChI=1S/C33H42F3N7O4/c1-7-21-17-26(28(46-6)18-27(21)42-12-14-43(15-13-42)31(45)47-32(2,3)4)40-30-39-20-24(33(34,35)36)29(41-30)38-19-22-9-8-10-25(37-5)23(22)11-16-44/h8-10,16-18,20,37H,7,11-15,19H2,1-6H3,(H2,38,39,40,41). The number of aryl methyl sites for hydroxylation is 1. The van der Waals surface area contributed by atoms with Gasteiger partial charge in [-0.25, -0.2) is 9.78 Å². The highest BCUT2D eigenvalue weighted by molar-refractivity contribution is 5.73. The zero-order valence-corrected chi connectivity index (χ0v) is 27.5. The third-order valence-corrected chi connectivity index (χ3v) is 7.67. The van der Waals surface area contributed by atoms with Gasteiger partial charge < -0.3 is 40.0 Å². The van der Waals surface area contributed by atoms with Crippen LogP contribution in [0.1, 0.15) is 49.9 Å². The van der Waals surface area contributed by atoms with Crippen molar-refractivity contribution in [2.24, 2.45) is 0 Å². The number of piperazine rings is 1. The van der Waals surface area contributed by atoms with Gasteiger partial charge in [-0.15, -0.1) is 0 Å². The summed E-state index contributed by atoms with van der Waals surface area (Å²) in [5.74, 6) is -0.0140. The van der Waals surface area contributed by atoms with E-state index in [2.05, 4.69) is 30.8 Å². The molecular weight excluding hydrogens is 615 g/mol. The molecule has 3 aromatic rings. The molecule has 11 nitrogen and oxygen atoms in total. The first-order valence-electron chi connectivity index (χ1n) is 15.4. The predicted octanol–water partition coefficient (Wildman–Crippen LogP) is 6.26. The summed E-state index contributed by atoms with van der Waals surface area (Å²) in [5, 5.41) is 8.86. The van der Waals surface area contributed by atoms with Crippen molar-refractivity contribution in [2.45, 2.75) is 58.9 Å². The highest BCUT2D eigenvalue weighted by Gasteiger charge is 2.35. The third-order valence-electron chi connectivity index (χ3n) is 7.67. The predicted molar refractivity (Wildman–Crippen MR) is 176 cm³/mol. The molecule has 14 heteroatoms. The van der Waals surface area contributed by atoms with Crippen LogP contribution in [-0.4, -0.2) is 73.2 Å². The Morgan fingerprint density at radius 2 is 1.79 bits per heavy atom. The first kappa shape index (κ1) is 35.1. The maximum atomic E-state index is 14.0. The number of carbonyl (C=O) groups excluding carboxylic acids is 2. The Balaban J connectivity index is 1.58. The minimum absolute atomic E-state index is 0.00256. The van der Waals surface area contributed by atoms with E-state index in [1.807, 2.05) is 39.8 Å². The molecule has 0 aliphatic carbocycles. The molecule has 47 heavy (non-hydrogen) atoms. The molecule has 1 aliphatic rings. The number of carbonyl (C=O) groups is 2. The second-order valence-electron chi connectivity index (χ2n) is 12.0. The molecule has 0 spiro atoms. The van der Waals surface area contributed by atoms with Gasteiger partial charge in [-0.1, -0.05) is 19.1 Å². The molecule has 0 bridgehead atoms. The maximum Gasteiger partial charge on any atom is 0.421 e. The molecule has 0 saturated carbocycles. The van der Waals surface area contributed by atoms with Crippen LogP contribution >= 0.6 is 0 Å². The first-order valence-corrected chi connectivity index (χ1v) is 15.4. The fourth-order valence-electron chi connectivity index (χ4n) is 5.36. The van der Waals surface area contributed by atoms with Crippen LogP contribution in [-0.2, 0) is 35.1 Å². The summed E-state index contributed by atoms with van der Waals surface area (Å²) < 4.78 is 53.1. The topological polar surface area (TPSA) is 121 Å². The van der Waals surface area contributed by atoms with Crippen LogP contribution in [0.25, 0.3) is 0 Å². The van der Waals surface area contributed by atoms with E-state index in [4.69, 9.17) is 9.47 Å². The van der Waals surface area contributed by atoms with Crippen LogP contribution < -0.4 is 25.6 Å². The molecule has 254 valence electrons. The van der Waals surface area contributed by atoms with Crippen LogP contribution in [0.5, 0.6) is 5.75 Å². The lowest BCUT2D eigenvalue weighted by Crippen LogP contribution is -2.50. The third kappa shape index (κ3) is 8.74. The van der Waals surface area contributed by atoms with Gasteiger partial charge in [-0.05, 0) is 56.0 Å². The average molecular weight is 658 g/mol. The van der Waals surface area contributed by atoms with Gasteiger partial charge in [-0.2, -0.15) is 18.2 Å².